The number of rotatable bonds is 17. The van der Waals surface area contributed by atoms with Crippen LogP contribution in [0.3, 0.4) is 0 Å². The molecule has 0 aromatic heterocycles. The maximum Gasteiger partial charge on any atom is 0.330 e. The highest BCUT2D eigenvalue weighted by molar-refractivity contribution is 7.86. The number of esters is 2. The number of para-hydroxylation sites is 2. The van der Waals surface area contributed by atoms with Crippen LogP contribution in [0.25, 0.3) is 10.8 Å². The van der Waals surface area contributed by atoms with Crippen molar-refractivity contribution in [3.8, 4) is 23.0 Å². The van der Waals surface area contributed by atoms with E-state index in [1.807, 2.05) is 12.1 Å². The lowest BCUT2D eigenvalue weighted by atomic mass is 10.1. The molecular formula is C34H32O11S. The van der Waals surface area contributed by atoms with Gasteiger partial charge in [-0.05, 0) is 24.3 Å². The van der Waals surface area contributed by atoms with Gasteiger partial charge < -0.3 is 28.4 Å². The summed E-state index contributed by atoms with van der Waals surface area (Å²) >= 11 is 0. The average molecular weight is 649 g/mol. The Bertz CT molecular complexity index is 1760. The Balaban J connectivity index is 1.60. The third kappa shape index (κ3) is 9.58. The molecule has 0 heterocycles. The molecule has 0 radical (unpaired) electrons. The third-order valence-electron chi connectivity index (χ3n) is 6.30. The molecule has 4 aromatic rings. The van der Waals surface area contributed by atoms with E-state index in [-0.39, 0.29) is 43.3 Å². The summed E-state index contributed by atoms with van der Waals surface area (Å²) in [7, 11) is -4.87. The van der Waals surface area contributed by atoms with Crippen molar-refractivity contribution in [3.05, 3.63) is 116 Å². The lowest BCUT2D eigenvalue weighted by Crippen LogP contribution is -2.31. The van der Waals surface area contributed by atoms with Gasteiger partial charge in [-0.2, -0.15) is 8.42 Å². The van der Waals surface area contributed by atoms with Gasteiger partial charge in [0.1, 0.15) is 54.3 Å². The lowest BCUT2D eigenvalue weighted by molar-refractivity contribution is -0.147. The first kappa shape index (κ1) is 33.6. The Hall–Kier alpha value is -5.33. The average Bonchev–Trinajstić information content (AvgIpc) is 3.07. The van der Waals surface area contributed by atoms with Crippen molar-refractivity contribution in [1.82, 2.24) is 0 Å². The second-order valence-corrected chi connectivity index (χ2v) is 11.0. The normalized spacial score (nSPS) is 12.3. The highest BCUT2D eigenvalue weighted by atomic mass is 32.2. The van der Waals surface area contributed by atoms with Crippen LogP contribution >= 0.6 is 0 Å². The smallest absolute Gasteiger partial charge is 0.330 e. The number of carbonyl (C=O) groups is 2. The first-order valence-electron chi connectivity index (χ1n) is 14.0. The maximum absolute atomic E-state index is 12.6. The van der Waals surface area contributed by atoms with Crippen molar-refractivity contribution >= 4 is 32.8 Å². The number of hydrogen-bond donors (Lipinski definition) is 1. The Morgan fingerprint density at radius 3 is 1.57 bits per heavy atom. The molecule has 0 aliphatic carbocycles. The molecule has 0 aliphatic heterocycles. The first-order chi connectivity index (χ1) is 22.2. The van der Waals surface area contributed by atoms with Gasteiger partial charge in [0.05, 0.1) is 0 Å². The van der Waals surface area contributed by atoms with Crippen molar-refractivity contribution in [1.29, 1.82) is 0 Å². The number of benzene rings is 4. The zero-order valence-corrected chi connectivity index (χ0v) is 25.5. The third-order valence-corrected chi connectivity index (χ3v) is 7.16. The molecule has 2 atom stereocenters. The zero-order chi connectivity index (χ0) is 32.9. The van der Waals surface area contributed by atoms with Crippen molar-refractivity contribution in [2.24, 2.45) is 0 Å². The zero-order valence-electron chi connectivity index (χ0n) is 24.7. The van der Waals surface area contributed by atoms with Crippen LogP contribution in [-0.4, -0.2) is 63.5 Å². The van der Waals surface area contributed by atoms with E-state index in [1.165, 1.54) is 0 Å². The quantitative estimate of drug-likeness (QED) is 0.0917. The van der Waals surface area contributed by atoms with Gasteiger partial charge in [-0.25, -0.2) is 9.59 Å². The van der Waals surface area contributed by atoms with Crippen LogP contribution in [0.1, 0.15) is 0 Å². The monoisotopic (exact) mass is 648 g/mol. The summed E-state index contributed by atoms with van der Waals surface area (Å²) in [5.74, 6) is -0.547. The summed E-state index contributed by atoms with van der Waals surface area (Å²) in [6, 6.07) is 25.3. The van der Waals surface area contributed by atoms with Crippen molar-refractivity contribution in [2.75, 3.05) is 26.4 Å². The van der Waals surface area contributed by atoms with Crippen molar-refractivity contribution < 1.29 is 51.0 Å². The van der Waals surface area contributed by atoms with Gasteiger partial charge in [-0.3, -0.25) is 4.55 Å². The van der Waals surface area contributed by atoms with Crippen molar-refractivity contribution in [2.45, 2.75) is 17.1 Å². The van der Waals surface area contributed by atoms with Crippen LogP contribution in [0.5, 0.6) is 23.0 Å². The molecule has 0 fully saturated rings. The fraction of sp³-hybridized carbons (Fsp3) is 0.176. The van der Waals surface area contributed by atoms with Crippen LogP contribution in [-0.2, 0) is 29.2 Å². The molecule has 2 unspecified atom stereocenters. The van der Waals surface area contributed by atoms with Crippen LogP contribution in [0.15, 0.2) is 121 Å². The summed E-state index contributed by atoms with van der Waals surface area (Å²) in [5, 5.41) is 0.688. The lowest BCUT2D eigenvalue weighted by Gasteiger charge is -2.22. The van der Waals surface area contributed by atoms with E-state index in [9.17, 15) is 22.6 Å². The predicted molar refractivity (Wildman–Crippen MR) is 169 cm³/mol. The molecule has 46 heavy (non-hydrogen) atoms. The summed E-state index contributed by atoms with van der Waals surface area (Å²) in [4.78, 5) is 23.4. The first-order valence-corrected chi connectivity index (χ1v) is 15.4. The van der Waals surface area contributed by atoms with Gasteiger partial charge >= 0.3 is 11.9 Å². The van der Waals surface area contributed by atoms with E-state index in [2.05, 4.69) is 13.2 Å². The van der Waals surface area contributed by atoms with E-state index in [4.69, 9.17) is 28.4 Å². The molecule has 0 amide bonds. The van der Waals surface area contributed by atoms with E-state index >= 15 is 0 Å². The molecule has 240 valence electrons. The van der Waals surface area contributed by atoms with E-state index in [0.717, 1.165) is 18.2 Å². The summed E-state index contributed by atoms with van der Waals surface area (Å²) in [5.41, 5.74) is 0. The molecule has 4 rings (SSSR count). The largest absolute Gasteiger partial charge is 0.490 e. The second kappa shape index (κ2) is 16.1. The molecule has 0 spiro atoms. The predicted octanol–water partition coefficient (Wildman–Crippen LogP) is 5.20. The van der Waals surface area contributed by atoms with Gasteiger partial charge in [0.25, 0.3) is 10.1 Å². The Kier molecular flexibility index (Phi) is 11.8. The molecule has 1 N–H and O–H groups in total. The van der Waals surface area contributed by atoms with Crippen LogP contribution < -0.4 is 18.9 Å². The van der Waals surface area contributed by atoms with Gasteiger partial charge in [0.2, 0.25) is 0 Å². The highest BCUT2D eigenvalue weighted by Crippen LogP contribution is 2.39. The summed E-state index contributed by atoms with van der Waals surface area (Å²) in [6.45, 7) is 6.03. The summed E-state index contributed by atoms with van der Waals surface area (Å²) < 4.78 is 69.5. The topological polar surface area (TPSA) is 144 Å². The van der Waals surface area contributed by atoms with E-state index < -0.39 is 39.2 Å². The van der Waals surface area contributed by atoms with Gasteiger partial charge in [0.15, 0.2) is 12.2 Å². The minimum Gasteiger partial charge on any atom is -0.490 e. The number of fused-ring (bicyclic) bond motifs is 1. The fourth-order valence-electron chi connectivity index (χ4n) is 4.18. The molecule has 0 aliphatic rings. The van der Waals surface area contributed by atoms with Crippen molar-refractivity contribution in [3.63, 3.8) is 0 Å². The van der Waals surface area contributed by atoms with E-state index in [1.54, 1.807) is 72.8 Å². The second-order valence-electron chi connectivity index (χ2n) is 9.62. The highest BCUT2D eigenvalue weighted by Gasteiger charge is 2.26. The standard InChI is InChI=1S/C34H32O11S/c1-3-32(35)44-26(20-40-24-13-7-5-8-14-24)22-42-30-19-31(46(37,38)39)34(29-18-12-11-17-28(29)30)43-23-27(45-33(36)4-2)21-41-25-15-9-6-10-16-25/h3-19,26-27H,1-2,20-23H2,(H,37,38,39). The van der Waals surface area contributed by atoms with Crippen LogP contribution in [0.4, 0.5) is 0 Å². The number of carbonyl (C=O) groups excluding carboxylic acids is 2. The van der Waals surface area contributed by atoms with Crippen LogP contribution in [0, 0.1) is 0 Å². The molecule has 0 saturated carbocycles. The Morgan fingerprint density at radius 2 is 1.09 bits per heavy atom. The molecule has 12 heteroatoms. The molecule has 11 nitrogen and oxygen atoms in total. The minimum atomic E-state index is -4.87. The number of hydrogen-bond acceptors (Lipinski definition) is 10. The fourth-order valence-corrected chi connectivity index (χ4v) is 4.84. The Morgan fingerprint density at radius 1 is 0.652 bits per heavy atom. The van der Waals surface area contributed by atoms with E-state index in [0.29, 0.717) is 16.9 Å². The van der Waals surface area contributed by atoms with Gasteiger partial charge in [-0.1, -0.05) is 73.8 Å². The minimum absolute atomic E-state index is 0.0528. The van der Waals surface area contributed by atoms with Gasteiger partial charge in [0, 0.05) is 29.0 Å². The van der Waals surface area contributed by atoms with Crippen LogP contribution in [0.2, 0.25) is 0 Å². The number of ether oxygens (including phenoxy) is 6. The summed E-state index contributed by atoms with van der Waals surface area (Å²) in [6.07, 6.45) is 0.0717. The maximum atomic E-state index is 12.6. The molecule has 0 saturated heterocycles. The molecule has 0 bridgehead atoms. The SMILES string of the molecule is C=CC(=O)OC(COc1ccccc1)COc1cc(S(=O)(=O)O)c(OCC(COc2ccccc2)OC(=O)C=C)c2ccccc12. The molecule has 4 aromatic carbocycles. The van der Waals surface area contributed by atoms with Gasteiger partial charge in [-0.15, -0.1) is 0 Å². The Labute approximate surface area is 266 Å². The molecular weight excluding hydrogens is 616 g/mol.